The van der Waals surface area contributed by atoms with Gasteiger partial charge in [0.15, 0.2) is 0 Å². The van der Waals surface area contributed by atoms with E-state index in [1.54, 1.807) is 14.2 Å². The number of hydrogen-bond donors (Lipinski definition) is 0. The van der Waals surface area contributed by atoms with Crippen LogP contribution in [0.2, 0.25) is 0 Å². The number of esters is 1. The van der Waals surface area contributed by atoms with E-state index in [1.807, 2.05) is 12.1 Å². The molecule has 5 heteroatoms. The van der Waals surface area contributed by atoms with Gasteiger partial charge in [0.2, 0.25) is 0 Å². The fourth-order valence-electron chi connectivity index (χ4n) is 6.40. The Bertz CT molecular complexity index is 1220. The van der Waals surface area contributed by atoms with Gasteiger partial charge in [0, 0.05) is 12.3 Å². The highest BCUT2D eigenvalue weighted by atomic mass is 16.5. The van der Waals surface area contributed by atoms with Crippen molar-refractivity contribution in [2.24, 2.45) is 11.8 Å². The Balaban J connectivity index is 1.53. The second-order valence-corrected chi connectivity index (χ2v) is 13.0. The van der Waals surface area contributed by atoms with Gasteiger partial charge in [-0.1, -0.05) is 83.0 Å². The van der Waals surface area contributed by atoms with Crippen LogP contribution in [-0.2, 0) is 26.2 Å². The number of allylic oxidation sites excluding steroid dienone is 2. The summed E-state index contributed by atoms with van der Waals surface area (Å²) in [4.78, 5) is 25.7. The molecule has 0 aliphatic heterocycles. The minimum Gasteiger partial charge on any atom is -0.497 e. The number of ketones is 1. The Morgan fingerprint density at radius 2 is 1.76 bits per heavy atom. The van der Waals surface area contributed by atoms with Gasteiger partial charge in [0.25, 0.3) is 0 Å². The number of carbonyl (C=O) groups excluding carboxylic acids is 2. The van der Waals surface area contributed by atoms with Gasteiger partial charge in [-0.3, -0.25) is 9.59 Å². The van der Waals surface area contributed by atoms with E-state index < -0.39 is 5.97 Å². The number of aryl methyl sites for hydroxylation is 1. The highest BCUT2D eigenvalue weighted by Crippen LogP contribution is 2.44. The van der Waals surface area contributed by atoms with Crippen molar-refractivity contribution in [1.29, 1.82) is 0 Å². The van der Waals surface area contributed by atoms with E-state index in [0.717, 1.165) is 49.2 Å². The smallest absolute Gasteiger partial charge is 0.313 e. The van der Waals surface area contributed by atoms with Gasteiger partial charge in [0.1, 0.15) is 29.8 Å². The van der Waals surface area contributed by atoms with Gasteiger partial charge in [0.05, 0.1) is 14.2 Å². The van der Waals surface area contributed by atoms with Gasteiger partial charge in [-0.05, 0) is 85.1 Å². The third-order valence-electron chi connectivity index (χ3n) is 9.08. The highest BCUT2D eigenvalue weighted by Gasteiger charge is 2.42. The first kappa shape index (κ1) is 33.4. The molecule has 42 heavy (non-hydrogen) atoms. The van der Waals surface area contributed by atoms with Crippen LogP contribution < -0.4 is 9.47 Å². The van der Waals surface area contributed by atoms with Crippen molar-refractivity contribution in [2.75, 3.05) is 14.2 Å². The summed E-state index contributed by atoms with van der Waals surface area (Å²) in [5, 5.41) is 0. The molecule has 0 spiro atoms. The first-order valence-electron chi connectivity index (χ1n) is 15.6. The average Bonchev–Trinajstić information content (AvgIpc) is 2.95. The second kappa shape index (κ2) is 15.4. The first-order chi connectivity index (χ1) is 20.0. The summed E-state index contributed by atoms with van der Waals surface area (Å²) in [5.41, 5.74) is 4.57. The summed E-state index contributed by atoms with van der Waals surface area (Å²) >= 11 is 0. The number of carbonyl (C=O) groups is 2. The lowest BCUT2D eigenvalue weighted by Crippen LogP contribution is -2.43. The Morgan fingerprint density at radius 3 is 2.45 bits per heavy atom. The Kier molecular flexibility index (Phi) is 12.3. The van der Waals surface area contributed by atoms with Crippen LogP contribution >= 0.6 is 0 Å². The van der Waals surface area contributed by atoms with Crippen molar-refractivity contribution >= 4 is 11.8 Å². The number of ether oxygens (including phenoxy) is 3. The minimum atomic E-state index is -0.399. The molecule has 2 aromatic rings. The number of methoxy groups -OCH3 is 2. The molecule has 0 N–H and O–H groups in total. The summed E-state index contributed by atoms with van der Waals surface area (Å²) in [7, 11) is 3.41. The van der Waals surface area contributed by atoms with Gasteiger partial charge in [-0.15, -0.1) is 0 Å². The van der Waals surface area contributed by atoms with Crippen molar-refractivity contribution in [3.63, 3.8) is 0 Å². The number of benzene rings is 2. The van der Waals surface area contributed by atoms with Crippen LogP contribution in [0.25, 0.3) is 0 Å². The van der Waals surface area contributed by atoms with E-state index in [9.17, 15) is 9.59 Å². The topological polar surface area (TPSA) is 61.8 Å². The SMILES string of the molecule is COc1cccc(C(C)(C)[C@@H]2CC[C@@H](C)C[C@@H]2OC(=O)CC(=O)CC/C(C)=C/CCc2cccc(C(C)C)c2OC)c1. The summed E-state index contributed by atoms with van der Waals surface area (Å²) in [6.07, 6.45) is 7.50. The second-order valence-electron chi connectivity index (χ2n) is 13.0. The van der Waals surface area contributed by atoms with E-state index in [-0.39, 0.29) is 29.6 Å². The molecule has 0 bridgehead atoms. The predicted molar refractivity (Wildman–Crippen MR) is 170 cm³/mol. The maximum Gasteiger partial charge on any atom is 0.313 e. The monoisotopic (exact) mass is 576 g/mol. The molecular formula is C37H52O5. The zero-order valence-electron chi connectivity index (χ0n) is 27.1. The molecule has 0 amide bonds. The molecule has 5 nitrogen and oxygen atoms in total. The maximum atomic E-state index is 13.0. The third kappa shape index (κ3) is 8.96. The Labute approximate surface area is 254 Å². The molecule has 0 heterocycles. The van der Waals surface area contributed by atoms with E-state index in [1.165, 1.54) is 16.7 Å². The van der Waals surface area contributed by atoms with Gasteiger partial charge in [-0.25, -0.2) is 0 Å². The van der Waals surface area contributed by atoms with Crippen LogP contribution in [0.15, 0.2) is 54.1 Å². The number of hydrogen-bond acceptors (Lipinski definition) is 5. The Hall–Kier alpha value is -3.08. The molecule has 0 aromatic heterocycles. The lowest BCUT2D eigenvalue weighted by molar-refractivity contribution is -0.157. The van der Waals surface area contributed by atoms with Gasteiger partial charge >= 0.3 is 5.97 Å². The summed E-state index contributed by atoms with van der Waals surface area (Å²) < 4.78 is 17.2. The zero-order valence-corrected chi connectivity index (χ0v) is 27.1. The third-order valence-corrected chi connectivity index (χ3v) is 9.08. The molecule has 1 saturated carbocycles. The fraction of sp³-hybridized carbons (Fsp3) is 0.568. The van der Waals surface area contributed by atoms with Crippen molar-refractivity contribution < 1.29 is 23.8 Å². The highest BCUT2D eigenvalue weighted by molar-refractivity contribution is 5.95. The number of rotatable bonds is 14. The van der Waals surface area contributed by atoms with E-state index in [0.29, 0.717) is 24.7 Å². The molecule has 230 valence electrons. The van der Waals surface area contributed by atoms with E-state index in [4.69, 9.17) is 14.2 Å². The molecule has 1 aliphatic rings. The number of para-hydroxylation sites is 1. The molecule has 1 aliphatic carbocycles. The summed E-state index contributed by atoms with van der Waals surface area (Å²) in [6, 6.07) is 14.5. The van der Waals surface area contributed by atoms with Crippen LogP contribution in [0, 0.1) is 11.8 Å². The van der Waals surface area contributed by atoms with Crippen LogP contribution in [0.1, 0.15) is 109 Å². The minimum absolute atomic E-state index is 0.0634. The maximum absolute atomic E-state index is 13.0. The molecule has 1 fully saturated rings. The molecule has 3 atom stereocenters. The van der Waals surface area contributed by atoms with Crippen molar-refractivity contribution in [3.8, 4) is 11.5 Å². The van der Waals surface area contributed by atoms with Crippen LogP contribution in [0.4, 0.5) is 0 Å². The molecule has 3 rings (SSSR count). The largest absolute Gasteiger partial charge is 0.497 e. The standard InChI is InChI=1S/C37H52O5/c1-25(2)32-17-10-14-28(36(32)41-8)13-9-12-26(3)18-20-30(38)24-35(39)42-34-22-27(4)19-21-33(34)37(5,6)29-15-11-16-31(23-29)40-7/h10-12,14-17,23,25,27,33-34H,9,13,18-22,24H2,1-8H3/b26-12+/t27-,33-,34+/m1/s1. The molecule has 2 aromatic carbocycles. The van der Waals surface area contributed by atoms with E-state index >= 15 is 0 Å². The fourth-order valence-corrected chi connectivity index (χ4v) is 6.40. The molecule has 0 radical (unpaired) electrons. The molecule has 0 saturated heterocycles. The van der Waals surface area contributed by atoms with Crippen LogP contribution in [0.3, 0.4) is 0 Å². The van der Waals surface area contributed by atoms with Crippen molar-refractivity contribution in [3.05, 3.63) is 70.8 Å². The summed E-state index contributed by atoms with van der Waals surface area (Å²) in [5.74, 6) is 2.40. The van der Waals surface area contributed by atoms with Crippen LogP contribution in [-0.4, -0.2) is 32.1 Å². The predicted octanol–water partition coefficient (Wildman–Crippen LogP) is 8.77. The lowest BCUT2D eigenvalue weighted by Gasteiger charge is -2.44. The van der Waals surface area contributed by atoms with Gasteiger partial charge in [-0.2, -0.15) is 0 Å². The Morgan fingerprint density at radius 1 is 1.02 bits per heavy atom. The number of Topliss-reactive ketones (excluding diaryl/α,β-unsaturated/α-hetero) is 1. The quantitative estimate of drug-likeness (QED) is 0.128. The zero-order chi connectivity index (χ0) is 30.9. The first-order valence-corrected chi connectivity index (χ1v) is 15.6. The normalized spacial score (nSPS) is 19.5. The van der Waals surface area contributed by atoms with E-state index in [2.05, 4.69) is 78.0 Å². The van der Waals surface area contributed by atoms with Crippen LogP contribution in [0.5, 0.6) is 11.5 Å². The molecule has 0 unspecified atom stereocenters. The lowest BCUT2D eigenvalue weighted by atomic mass is 9.64. The average molecular weight is 577 g/mol. The van der Waals surface area contributed by atoms with Crippen molar-refractivity contribution in [1.82, 2.24) is 0 Å². The van der Waals surface area contributed by atoms with Gasteiger partial charge < -0.3 is 14.2 Å². The van der Waals surface area contributed by atoms with Crippen molar-refractivity contribution in [2.45, 2.75) is 110 Å². The molecular weight excluding hydrogens is 524 g/mol. The summed E-state index contributed by atoms with van der Waals surface area (Å²) in [6.45, 7) is 13.1.